The highest BCUT2D eigenvalue weighted by molar-refractivity contribution is 7.13. The molecule has 3 heterocycles. The molecule has 0 atom stereocenters. The van der Waals surface area contributed by atoms with Crippen LogP contribution in [-0.2, 0) is 0 Å². The molecule has 0 aromatic carbocycles. The number of thiophene rings is 1. The Morgan fingerprint density at radius 2 is 2.28 bits per heavy atom. The Bertz CT molecular complexity index is 517. The Morgan fingerprint density at radius 1 is 1.44 bits per heavy atom. The summed E-state index contributed by atoms with van der Waals surface area (Å²) in [4.78, 5) is 5.46. The van der Waals surface area contributed by atoms with Crippen LogP contribution >= 0.6 is 11.3 Å². The Hall–Kier alpha value is -1.40. The number of rotatable bonds is 3. The zero-order valence-electron chi connectivity index (χ0n) is 10.2. The van der Waals surface area contributed by atoms with Gasteiger partial charge in [-0.3, -0.25) is 0 Å². The van der Waals surface area contributed by atoms with E-state index in [2.05, 4.69) is 15.5 Å². The average Bonchev–Trinajstić information content (AvgIpc) is 3.08. The zero-order valence-corrected chi connectivity index (χ0v) is 11.0. The fraction of sp³-hybridized carbons (Fsp3) is 0.500. The summed E-state index contributed by atoms with van der Waals surface area (Å²) in [6, 6.07) is 1.92. The van der Waals surface area contributed by atoms with Gasteiger partial charge < -0.3 is 14.6 Å². The lowest BCUT2D eigenvalue weighted by atomic mass is 9.98. The Balaban J connectivity index is 1.79. The van der Waals surface area contributed by atoms with E-state index in [-0.39, 0.29) is 0 Å². The van der Waals surface area contributed by atoms with Crippen molar-refractivity contribution in [1.82, 2.24) is 15.5 Å². The summed E-state index contributed by atoms with van der Waals surface area (Å²) >= 11 is 1.55. The molecule has 0 amide bonds. The van der Waals surface area contributed by atoms with Gasteiger partial charge in [0.2, 0.25) is 0 Å². The van der Waals surface area contributed by atoms with E-state index in [1.54, 1.807) is 18.4 Å². The molecule has 0 bridgehead atoms. The normalized spacial score (nSPS) is 16.9. The van der Waals surface area contributed by atoms with E-state index in [0.717, 1.165) is 42.4 Å². The lowest BCUT2D eigenvalue weighted by Crippen LogP contribution is -2.27. The number of hydrogen-bond acceptors (Lipinski definition) is 6. The highest BCUT2D eigenvalue weighted by Crippen LogP contribution is 2.31. The van der Waals surface area contributed by atoms with Gasteiger partial charge in [0.25, 0.3) is 5.89 Å². The first-order valence-electron chi connectivity index (χ1n) is 6.04. The van der Waals surface area contributed by atoms with Gasteiger partial charge in [-0.15, -0.1) is 11.3 Å². The quantitative estimate of drug-likeness (QED) is 0.922. The molecule has 18 heavy (non-hydrogen) atoms. The van der Waals surface area contributed by atoms with Crippen molar-refractivity contribution >= 4 is 11.3 Å². The van der Waals surface area contributed by atoms with Gasteiger partial charge in [-0.2, -0.15) is 4.98 Å². The van der Waals surface area contributed by atoms with Crippen LogP contribution in [0.1, 0.15) is 24.6 Å². The van der Waals surface area contributed by atoms with Gasteiger partial charge in [0.15, 0.2) is 5.82 Å². The molecule has 1 N–H and O–H groups in total. The molecule has 1 aliphatic rings. The van der Waals surface area contributed by atoms with Crippen molar-refractivity contribution in [2.45, 2.75) is 18.8 Å². The lowest BCUT2D eigenvalue weighted by molar-refractivity contribution is 0.392. The molecule has 96 valence electrons. The van der Waals surface area contributed by atoms with E-state index in [1.165, 1.54) is 0 Å². The summed E-state index contributed by atoms with van der Waals surface area (Å²) in [5, 5.41) is 9.37. The summed E-state index contributed by atoms with van der Waals surface area (Å²) < 4.78 is 10.5. The van der Waals surface area contributed by atoms with Gasteiger partial charge >= 0.3 is 0 Å². The third-order valence-corrected chi connectivity index (χ3v) is 4.06. The highest BCUT2D eigenvalue weighted by atomic mass is 32.1. The largest absolute Gasteiger partial charge is 0.496 e. The Morgan fingerprint density at radius 3 is 3.00 bits per heavy atom. The number of methoxy groups -OCH3 is 1. The summed E-state index contributed by atoms with van der Waals surface area (Å²) in [6.07, 6.45) is 2.15. The summed E-state index contributed by atoms with van der Waals surface area (Å²) in [6.45, 7) is 2.06. The number of ether oxygens (including phenoxy) is 1. The van der Waals surface area contributed by atoms with Gasteiger partial charge in [0.1, 0.15) is 5.75 Å². The maximum atomic E-state index is 5.34. The first-order valence-corrected chi connectivity index (χ1v) is 6.92. The lowest BCUT2D eigenvalue weighted by Gasteiger charge is -2.18. The molecular weight excluding hydrogens is 250 g/mol. The van der Waals surface area contributed by atoms with Crippen molar-refractivity contribution in [3.05, 3.63) is 17.3 Å². The van der Waals surface area contributed by atoms with Crippen LogP contribution in [0.15, 0.2) is 16.0 Å². The summed E-state index contributed by atoms with van der Waals surface area (Å²) in [5.41, 5.74) is 0. The Labute approximate surface area is 109 Å². The molecule has 0 aliphatic carbocycles. The fourth-order valence-corrected chi connectivity index (χ4v) is 2.89. The predicted octanol–water partition coefficient (Wildman–Crippen LogP) is 2.27. The minimum absolute atomic E-state index is 0.422. The average molecular weight is 265 g/mol. The molecule has 1 saturated heterocycles. The van der Waals surface area contributed by atoms with Crippen molar-refractivity contribution in [3.8, 4) is 16.5 Å². The second kappa shape index (κ2) is 5.07. The molecule has 0 unspecified atom stereocenters. The molecule has 0 radical (unpaired) electrons. The second-order valence-electron chi connectivity index (χ2n) is 4.33. The van der Waals surface area contributed by atoms with E-state index in [9.17, 15) is 0 Å². The van der Waals surface area contributed by atoms with Crippen molar-refractivity contribution in [2.24, 2.45) is 0 Å². The standard InChI is InChI=1S/C12H15N3O2S/c1-16-9-6-10(18-7-9)12-14-11(15-17-12)8-2-4-13-5-3-8/h6-8,13H,2-5H2,1H3. The van der Waals surface area contributed by atoms with Gasteiger partial charge in [-0.05, 0) is 25.9 Å². The minimum atomic E-state index is 0.422. The fourth-order valence-electron chi connectivity index (χ4n) is 2.12. The minimum Gasteiger partial charge on any atom is -0.496 e. The molecule has 3 rings (SSSR count). The van der Waals surface area contributed by atoms with Crippen molar-refractivity contribution in [1.29, 1.82) is 0 Å². The number of aromatic nitrogens is 2. The molecule has 2 aromatic rings. The molecule has 1 fully saturated rings. The van der Waals surface area contributed by atoms with Crippen LogP contribution in [0.2, 0.25) is 0 Å². The van der Waals surface area contributed by atoms with E-state index < -0.39 is 0 Å². The molecule has 2 aromatic heterocycles. The number of nitrogens with one attached hydrogen (secondary N) is 1. The topological polar surface area (TPSA) is 60.2 Å². The molecule has 1 aliphatic heterocycles. The van der Waals surface area contributed by atoms with Crippen LogP contribution in [0.4, 0.5) is 0 Å². The van der Waals surface area contributed by atoms with Crippen LogP contribution in [0.3, 0.4) is 0 Å². The molecule has 0 spiro atoms. The molecule has 5 nitrogen and oxygen atoms in total. The van der Waals surface area contributed by atoms with Gasteiger partial charge in [-0.1, -0.05) is 5.16 Å². The molecule has 0 saturated carbocycles. The maximum absolute atomic E-state index is 5.34. The van der Waals surface area contributed by atoms with E-state index in [4.69, 9.17) is 9.26 Å². The van der Waals surface area contributed by atoms with Crippen LogP contribution in [0, 0.1) is 0 Å². The SMILES string of the molecule is COc1csc(-c2nc(C3CCNCC3)no2)c1. The first-order chi connectivity index (χ1) is 8.86. The van der Waals surface area contributed by atoms with E-state index >= 15 is 0 Å². The highest BCUT2D eigenvalue weighted by Gasteiger charge is 2.21. The summed E-state index contributed by atoms with van der Waals surface area (Å²) in [7, 11) is 1.65. The van der Waals surface area contributed by atoms with Crippen molar-refractivity contribution in [3.63, 3.8) is 0 Å². The first kappa shape index (κ1) is 11.7. The van der Waals surface area contributed by atoms with Crippen molar-refractivity contribution < 1.29 is 9.26 Å². The number of hydrogen-bond donors (Lipinski definition) is 1. The summed E-state index contributed by atoms with van der Waals surface area (Å²) in [5.74, 6) is 2.68. The van der Waals surface area contributed by atoms with Gasteiger partial charge in [0, 0.05) is 17.4 Å². The van der Waals surface area contributed by atoms with Crippen LogP contribution in [0.25, 0.3) is 10.8 Å². The third-order valence-electron chi connectivity index (χ3n) is 3.17. The smallest absolute Gasteiger partial charge is 0.268 e. The third kappa shape index (κ3) is 2.26. The zero-order chi connectivity index (χ0) is 12.4. The van der Waals surface area contributed by atoms with Crippen LogP contribution in [-0.4, -0.2) is 30.3 Å². The van der Waals surface area contributed by atoms with Crippen molar-refractivity contribution in [2.75, 3.05) is 20.2 Å². The van der Waals surface area contributed by atoms with E-state index in [0.29, 0.717) is 11.8 Å². The van der Waals surface area contributed by atoms with E-state index in [1.807, 2.05) is 11.4 Å². The van der Waals surface area contributed by atoms with Crippen LogP contribution < -0.4 is 10.1 Å². The van der Waals surface area contributed by atoms with Gasteiger partial charge in [0.05, 0.1) is 12.0 Å². The van der Waals surface area contributed by atoms with Gasteiger partial charge in [-0.25, -0.2) is 0 Å². The predicted molar refractivity (Wildman–Crippen MR) is 69.0 cm³/mol. The molecular formula is C12H15N3O2S. The second-order valence-corrected chi connectivity index (χ2v) is 5.24. The van der Waals surface area contributed by atoms with Crippen LogP contribution in [0.5, 0.6) is 5.75 Å². The number of nitrogens with zero attached hydrogens (tertiary/aromatic N) is 2. The Kier molecular flexibility index (Phi) is 3.29. The molecule has 6 heteroatoms. The maximum Gasteiger partial charge on any atom is 0.268 e. The number of piperidine rings is 1. The monoisotopic (exact) mass is 265 g/mol.